The van der Waals surface area contributed by atoms with Crippen molar-refractivity contribution in [3.63, 3.8) is 0 Å². The highest BCUT2D eigenvalue weighted by molar-refractivity contribution is 5.82. The number of carbonyl (C=O) groups is 2. The van der Waals surface area contributed by atoms with Crippen molar-refractivity contribution >= 4 is 11.9 Å². The summed E-state index contributed by atoms with van der Waals surface area (Å²) in [6.07, 6.45) is 0.395. The molecule has 0 unspecified atom stereocenters. The Morgan fingerprint density at radius 2 is 1.35 bits per heavy atom. The number of hydrogen-bond donors (Lipinski definition) is 1. The predicted octanol–water partition coefficient (Wildman–Crippen LogP) is 3.25. The molecule has 4 heteroatoms. The summed E-state index contributed by atoms with van der Waals surface area (Å²) in [5, 5.41) is 9.81. The molecule has 2 rings (SSSR count). The van der Waals surface area contributed by atoms with Crippen LogP contribution in [0.1, 0.15) is 24.5 Å². The first-order valence-electron chi connectivity index (χ1n) is 7.59. The molecular weight excluding hydrogens is 292 g/mol. The number of carboxylic acids is 1. The van der Waals surface area contributed by atoms with E-state index >= 15 is 0 Å². The van der Waals surface area contributed by atoms with Crippen LogP contribution in [0.2, 0.25) is 0 Å². The van der Waals surface area contributed by atoms with Crippen molar-refractivity contribution in [2.24, 2.45) is 0 Å². The van der Waals surface area contributed by atoms with Gasteiger partial charge in [0.1, 0.15) is 0 Å². The monoisotopic (exact) mass is 312 g/mol. The number of benzene rings is 2. The fraction of sp³-hybridized carbons (Fsp3) is 0.263. The van der Waals surface area contributed by atoms with Gasteiger partial charge in [0.15, 0.2) is 0 Å². The van der Waals surface area contributed by atoms with Gasteiger partial charge in [-0.15, -0.1) is 0 Å². The van der Waals surface area contributed by atoms with Gasteiger partial charge in [-0.05, 0) is 11.1 Å². The normalized spacial score (nSPS) is 11.0. The van der Waals surface area contributed by atoms with Gasteiger partial charge in [0.2, 0.25) is 5.60 Å². The lowest BCUT2D eigenvalue weighted by molar-refractivity contribution is -0.178. The summed E-state index contributed by atoms with van der Waals surface area (Å²) in [7, 11) is 0. The minimum atomic E-state index is -1.60. The minimum Gasteiger partial charge on any atom is -0.478 e. The third-order valence-corrected chi connectivity index (χ3v) is 3.65. The Morgan fingerprint density at radius 1 is 0.913 bits per heavy atom. The molecule has 2 aromatic carbocycles. The molecule has 4 nitrogen and oxygen atoms in total. The van der Waals surface area contributed by atoms with E-state index in [-0.39, 0.29) is 19.3 Å². The van der Waals surface area contributed by atoms with E-state index in [9.17, 15) is 14.7 Å². The Bertz CT molecular complexity index is 608. The van der Waals surface area contributed by atoms with Gasteiger partial charge in [-0.1, -0.05) is 67.6 Å². The lowest BCUT2D eigenvalue weighted by Crippen LogP contribution is -2.47. The molecule has 0 bridgehead atoms. The zero-order valence-electron chi connectivity index (χ0n) is 13.1. The fourth-order valence-electron chi connectivity index (χ4n) is 2.47. The van der Waals surface area contributed by atoms with Crippen LogP contribution in [0.25, 0.3) is 0 Å². The van der Waals surface area contributed by atoms with Crippen LogP contribution in [0.15, 0.2) is 60.7 Å². The lowest BCUT2D eigenvalue weighted by atomic mass is 9.87. The van der Waals surface area contributed by atoms with Crippen LogP contribution in [0.4, 0.5) is 0 Å². The molecule has 0 fully saturated rings. The van der Waals surface area contributed by atoms with Crippen molar-refractivity contribution in [1.29, 1.82) is 0 Å². The third-order valence-electron chi connectivity index (χ3n) is 3.65. The molecule has 0 aliphatic heterocycles. The highest BCUT2D eigenvalue weighted by atomic mass is 16.6. The van der Waals surface area contributed by atoms with Crippen molar-refractivity contribution in [2.45, 2.75) is 31.8 Å². The van der Waals surface area contributed by atoms with Crippen LogP contribution in [-0.4, -0.2) is 22.6 Å². The highest BCUT2D eigenvalue weighted by Gasteiger charge is 2.42. The summed E-state index contributed by atoms with van der Waals surface area (Å²) in [5.41, 5.74) is 0.0277. The molecule has 1 N–H and O–H groups in total. The van der Waals surface area contributed by atoms with Gasteiger partial charge in [0, 0.05) is 19.3 Å². The molecule has 120 valence electrons. The number of carboxylic acid groups (broad SMARTS) is 1. The molecule has 0 aliphatic carbocycles. The second-order valence-corrected chi connectivity index (χ2v) is 5.45. The number of rotatable bonds is 7. The number of carbonyl (C=O) groups excluding carboxylic acids is 1. The van der Waals surface area contributed by atoms with Gasteiger partial charge < -0.3 is 9.84 Å². The van der Waals surface area contributed by atoms with Crippen molar-refractivity contribution in [1.82, 2.24) is 0 Å². The smallest absolute Gasteiger partial charge is 0.348 e. The molecule has 0 spiro atoms. The number of esters is 1. The van der Waals surface area contributed by atoms with Crippen LogP contribution >= 0.6 is 0 Å². The van der Waals surface area contributed by atoms with Gasteiger partial charge in [-0.25, -0.2) is 4.79 Å². The number of hydrogen-bond acceptors (Lipinski definition) is 3. The molecule has 2 aromatic rings. The number of aliphatic carboxylic acids is 1. The Kier molecular flexibility index (Phi) is 5.52. The van der Waals surface area contributed by atoms with Gasteiger partial charge in [0.25, 0.3) is 0 Å². The average molecular weight is 312 g/mol. The van der Waals surface area contributed by atoms with Crippen LogP contribution in [0, 0.1) is 0 Å². The first-order valence-corrected chi connectivity index (χ1v) is 7.59. The second kappa shape index (κ2) is 7.58. The maximum Gasteiger partial charge on any atom is 0.348 e. The molecule has 0 saturated carbocycles. The van der Waals surface area contributed by atoms with Crippen molar-refractivity contribution in [3.8, 4) is 0 Å². The Balaban J connectivity index is 2.37. The van der Waals surface area contributed by atoms with E-state index in [4.69, 9.17) is 4.74 Å². The maximum atomic E-state index is 12.0. The topological polar surface area (TPSA) is 63.6 Å². The summed E-state index contributed by atoms with van der Waals surface area (Å²) in [6, 6.07) is 18.4. The van der Waals surface area contributed by atoms with Crippen LogP contribution in [-0.2, 0) is 27.2 Å². The summed E-state index contributed by atoms with van der Waals surface area (Å²) in [4.78, 5) is 23.8. The van der Waals surface area contributed by atoms with Gasteiger partial charge in [-0.3, -0.25) is 4.79 Å². The largest absolute Gasteiger partial charge is 0.478 e. The molecule has 0 heterocycles. The fourth-order valence-corrected chi connectivity index (χ4v) is 2.47. The summed E-state index contributed by atoms with van der Waals surface area (Å²) in [6.45, 7) is 1.65. The third kappa shape index (κ3) is 4.42. The molecule has 0 saturated heterocycles. The lowest BCUT2D eigenvalue weighted by Gasteiger charge is -2.29. The molecule has 0 aliphatic rings. The zero-order valence-corrected chi connectivity index (χ0v) is 13.1. The number of ether oxygens (including phenoxy) is 1. The van der Waals surface area contributed by atoms with E-state index in [1.54, 1.807) is 6.92 Å². The van der Waals surface area contributed by atoms with Crippen LogP contribution in [0.3, 0.4) is 0 Å². The molecule has 23 heavy (non-hydrogen) atoms. The molecule has 0 radical (unpaired) electrons. The van der Waals surface area contributed by atoms with E-state index in [0.29, 0.717) is 0 Å². The maximum absolute atomic E-state index is 12.0. The van der Waals surface area contributed by atoms with Crippen molar-refractivity contribution in [2.75, 3.05) is 0 Å². The van der Waals surface area contributed by atoms with Gasteiger partial charge >= 0.3 is 11.9 Å². The molecule has 0 amide bonds. The Hall–Kier alpha value is -2.62. The average Bonchev–Trinajstić information content (AvgIpc) is 2.56. The van der Waals surface area contributed by atoms with E-state index in [2.05, 4.69) is 0 Å². The SMILES string of the molecule is CCC(=O)OC(Cc1ccccc1)(Cc1ccccc1)C(=O)O. The zero-order chi connectivity index (χ0) is 16.7. The van der Waals surface area contributed by atoms with E-state index in [0.717, 1.165) is 11.1 Å². The van der Waals surface area contributed by atoms with Gasteiger partial charge in [-0.2, -0.15) is 0 Å². The summed E-state index contributed by atoms with van der Waals surface area (Å²) >= 11 is 0. The Morgan fingerprint density at radius 3 is 1.70 bits per heavy atom. The van der Waals surface area contributed by atoms with E-state index in [1.807, 2.05) is 60.7 Å². The first kappa shape index (κ1) is 16.7. The van der Waals surface area contributed by atoms with Crippen molar-refractivity contribution < 1.29 is 19.4 Å². The van der Waals surface area contributed by atoms with E-state index < -0.39 is 17.5 Å². The van der Waals surface area contributed by atoms with E-state index in [1.165, 1.54) is 0 Å². The molecule has 0 aromatic heterocycles. The standard InChI is InChI=1S/C19H20O4/c1-2-17(20)23-19(18(21)22,13-15-9-5-3-6-10-15)14-16-11-7-4-8-12-16/h3-12H,2,13-14H2,1H3,(H,21,22). The first-order chi connectivity index (χ1) is 11.1. The predicted molar refractivity (Wildman–Crippen MR) is 87.0 cm³/mol. The Labute approximate surface area is 135 Å². The van der Waals surface area contributed by atoms with Gasteiger partial charge in [0.05, 0.1) is 0 Å². The second-order valence-electron chi connectivity index (χ2n) is 5.45. The summed E-state index contributed by atoms with van der Waals surface area (Å²) in [5.74, 6) is -1.65. The minimum absolute atomic E-state index is 0.129. The summed E-state index contributed by atoms with van der Waals surface area (Å²) < 4.78 is 5.42. The van der Waals surface area contributed by atoms with Crippen molar-refractivity contribution in [3.05, 3.63) is 71.8 Å². The molecular formula is C19H20O4. The van der Waals surface area contributed by atoms with Crippen LogP contribution < -0.4 is 0 Å². The quantitative estimate of drug-likeness (QED) is 0.797. The molecule has 0 atom stereocenters. The van der Waals surface area contributed by atoms with Crippen LogP contribution in [0.5, 0.6) is 0 Å². The highest BCUT2D eigenvalue weighted by Crippen LogP contribution is 2.25.